The predicted molar refractivity (Wildman–Crippen MR) is 109 cm³/mol. The molecule has 1 saturated heterocycles. The van der Waals surface area contributed by atoms with Crippen molar-refractivity contribution in [3.05, 3.63) is 69.7 Å². The molecule has 0 radical (unpaired) electrons. The second-order valence-corrected chi connectivity index (χ2v) is 8.12. The smallest absolute Gasteiger partial charge is 0.123 e. The van der Waals surface area contributed by atoms with Crippen LogP contribution in [0.5, 0.6) is 0 Å². The van der Waals surface area contributed by atoms with Crippen LogP contribution >= 0.6 is 22.6 Å². The van der Waals surface area contributed by atoms with Gasteiger partial charge in [-0.2, -0.15) is 0 Å². The molecule has 0 atom stereocenters. The molecule has 25 heavy (non-hydrogen) atoms. The third-order valence-electron chi connectivity index (χ3n) is 5.26. The van der Waals surface area contributed by atoms with Crippen molar-refractivity contribution >= 4 is 33.5 Å². The van der Waals surface area contributed by atoms with Crippen molar-refractivity contribution in [2.24, 2.45) is 0 Å². The summed E-state index contributed by atoms with van der Waals surface area (Å²) in [6, 6.07) is 16.4. The zero-order chi connectivity index (χ0) is 17.2. The molecule has 130 valence electrons. The summed E-state index contributed by atoms with van der Waals surface area (Å²) in [6.07, 6.45) is 5.63. The maximum absolute atomic E-state index is 13.0. The number of likely N-dealkylation sites (tertiary alicyclic amines) is 1. The van der Waals surface area contributed by atoms with Crippen LogP contribution in [0.1, 0.15) is 24.4 Å². The van der Waals surface area contributed by atoms with E-state index in [0.717, 1.165) is 26.1 Å². The SMILES string of the molecule is Fc1ccc(CCN2CCC(n3ccc4cc(I)ccc43)CC2)cc1. The molecule has 1 aliphatic heterocycles. The molecule has 0 saturated carbocycles. The standard InChI is InChI=1S/C21H22FIN2/c22-18-3-1-16(2-4-18)7-11-24-12-9-20(10-13-24)25-14-8-17-15-19(23)5-6-21(17)25/h1-6,8,14-15,20H,7,9-13H2. The number of hydrogen-bond acceptors (Lipinski definition) is 1. The Morgan fingerprint density at radius 3 is 2.52 bits per heavy atom. The van der Waals surface area contributed by atoms with E-state index in [1.807, 2.05) is 12.1 Å². The Morgan fingerprint density at radius 1 is 1.00 bits per heavy atom. The minimum Gasteiger partial charge on any atom is -0.344 e. The summed E-state index contributed by atoms with van der Waals surface area (Å²) in [6.45, 7) is 3.33. The average Bonchev–Trinajstić information content (AvgIpc) is 3.04. The van der Waals surface area contributed by atoms with Crippen LogP contribution in [0.15, 0.2) is 54.7 Å². The van der Waals surface area contributed by atoms with E-state index in [-0.39, 0.29) is 5.82 Å². The van der Waals surface area contributed by atoms with Gasteiger partial charge in [-0.15, -0.1) is 0 Å². The Bertz CT molecular complexity index is 848. The van der Waals surface area contributed by atoms with Crippen molar-refractivity contribution in [1.82, 2.24) is 9.47 Å². The molecule has 0 bridgehead atoms. The first-order valence-electron chi connectivity index (χ1n) is 8.92. The molecule has 2 aromatic carbocycles. The molecule has 3 aromatic rings. The van der Waals surface area contributed by atoms with Crippen molar-refractivity contribution in [3.63, 3.8) is 0 Å². The van der Waals surface area contributed by atoms with Crippen LogP contribution in [0.2, 0.25) is 0 Å². The van der Waals surface area contributed by atoms with Gasteiger partial charge >= 0.3 is 0 Å². The zero-order valence-electron chi connectivity index (χ0n) is 14.2. The van der Waals surface area contributed by atoms with Gasteiger partial charge in [-0.25, -0.2) is 4.39 Å². The fourth-order valence-electron chi connectivity index (χ4n) is 3.81. The van der Waals surface area contributed by atoms with Gasteiger partial charge in [-0.3, -0.25) is 0 Å². The fourth-order valence-corrected chi connectivity index (χ4v) is 4.33. The Labute approximate surface area is 161 Å². The van der Waals surface area contributed by atoms with Crippen molar-refractivity contribution in [2.75, 3.05) is 19.6 Å². The Morgan fingerprint density at radius 2 is 1.76 bits per heavy atom. The van der Waals surface area contributed by atoms with Crippen molar-refractivity contribution in [3.8, 4) is 0 Å². The first-order valence-corrected chi connectivity index (χ1v) is 10.00. The Hall–Kier alpha value is -1.40. The predicted octanol–water partition coefficient (Wildman–Crippen LogP) is 5.26. The van der Waals surface area contributed by atoms with Crippen molar-refractivity contribution in [1.29, 1.82) is 0 Å². The largest absolute Gasteiger partial charge is 0.344 e. The summed E-state index contributed by atoms with van der Waals surface area (Å²) >= 11 is 2.37. The highest BCUT2D eigenvalue weighted by Crippen LogP contribution is 2.28. The summed E-state index contributed by atoms with van der Waals surface area (Å²) in [4.78, 5) is 2.54. The van der Waals surface area contributed by atoms with E-state index in [2.05, 4.69) is 62.5 Å². The second kappa shape index (κ2) is 7.46. The molecule has 1 aromatic heterocycles. The monoisotopic (exact) mass is 448 g/mol. The van der Waals surface area contributed by atoms with Crippen LogP contribution in [0.4, 0.5) is 4.39 Å². The highest BCUT2D eigenvalue weighted by Gasteiger charge is 2.21. The third-order valence-corrected chi connectivity index (χ3v) is 5.93. The number of rotatable bonds is 4. The number of nitrogens with zero attached hydrogens (tertiary/aromatic N) is 2. The minimum atomic E-state index is -0.154. The highest BCUT2D eigenvalue weighted by atomic mass is 127. The molecule has 0 N–H and O–H groups in total. The van der Waals surface area contributed by atoms with E-state index in [9.17, 15) is 4.39 Å². The van der Waals surface area contributed by atoms with E-state index >= 15 is 0 Å². The molecule has 0 aliphatic carbocycles. The van der Waals surface area contributed by atoms with Gasteiger partial charge in [0, 0.05) is 46.3 Å². The van der Waals surface area contributed by atoms with Gasteiger partial charge < -0.3 is 9.47 Å². The molecule has 0 amide bonds. The Balaban J connectivity index is 1.35. The summed E-state index contributed by atoms with van der Waals surface area (Å²) in [5, 5.41) is 1.34. The lowest BCUT2D eigenvalue weighted by Gasteiger charge is -2.33. The first-order chi connectivity index (χ1) is 12.2. The minimum absolute atomic E-state index is 0.154. The molecule has 2 nitrogen and oxygen atoms in total. The van der Waals surface area contributed by atoms with Gasteiger partial charge in [0.2, 0.25) is 0 Å². The van der Waals surface area contributed by atoms with Crippen LogP contribution < -0.4 is 0 Å². The molecule has 4 rings (SSSR count). The van der Waals surface area contributed by atoms with Gasteiger partial charge in [0.15, 0.2) is 0 Å². The maximum atomic E-state index is 13.0. The number of benzene rings is 2. The van der Waals surface area contributed by atoms with E-state index in [4.69, 9.17) is 0 Å². The van der Waals surface area contributed by atoms with Crippen LogP contribution in [0.3, 0.4) is 0 Å². The van der Waals surface area contributed by atoms with Gasteiger partial charge in [-0.1, -0.05) is 12.1 Å². The Kier molecular flexibility index (Phi) is 5.08. The maximum Gasteiger partial charge on any atom is 0.123 e. The number of piperidine rings is 1. The molecule has 4 heteroatoms. The fraction of sp³-hybridized carbons (Fsp3) is 0.333. The molecule has 1 aliphatic rings. The average molecular weight is 448 g/mol. The molecule has 0 spiro atoms. The highest BCUT2D eigenvalue weighted by molar-refractivity contribution is 14.1. The number of fused-ring (bicyclic) bond motifs is 1. The summed E-state index contributed by atoms with van der Waals surface area (Å²) < 4.78 is 16.7. The lowest BCUT2D eigenvalue weighted by atomic mass is 10.0. The molecule has 2 heterocycles. The number of aromatic nitrogens is 1. The van der Waals surface area contributed by atoms with Gasteiger partial charge in [-0.05, 0) is 83.8 Å². The van der Waals surface area contributed by atoms with Gasteiger partial charge in [0.25, 0.3) is 0 Å². The van der Waals surface area contributed by atoms with Crippen LogP contribution in [0, 0.1) is 9.39 Å². The van der Waals surface area contributed by atoms with E-state index in [1.54, 1.807) is 12.1 Å². The van der Waals surface area contributed by atoms with Crippen LogP contribution in [-0.4, -0.2) is 29.1 Å². The molecular weight excluding hydrogens is 426 g/mol. The first kappa shape index (κ1) is 17.0. The molecular formula is C21H22FIN2. The third kappa shape index (κ3) is 3.90. The topological polar surface area (TPSA) is 8.17 Å². The second-order valence-electron chi connectivity index (χ2n) is 6.88. The normalized spacial score (nSPS) is 16.6. The summed E-state index contributed by atoms with van der Waals surface area (Å²) in [5.74, 6) is -0.154. The molecule has 0 unspecified atom stereocenters. The van der Waals surface area contributed by atoms with Crippen LogP contribution in [-0.2, 0) is 6.42 Å². The lowest BCUT2D eigenvalue weighted by Crippen LogP contribution is -2.35. The molecule has 1 fully saturated rings. The van der Waals surface area contributed by atoms with Gasteiger partial charge in [0.05, 0.1) is 0 Å². The van der Waals surface area contributed by atoms with E-state index in [0.29, 0.717) is 6.04 Å². The van der Waals surface area contributed by atoms with Crippen molar-refractivity contribution < 1.29 is 4.39 Å². The number of hydrogen-bond donors (Lipinski definition) is 0. The summed E-state index contributed by atoms with van der Waals surface area (Å²) in [5.41, 5.74) is 2.57. The van der Waals surface area contributed by atoms with E-state index < -0.39 is 0 Å². The van der Waals surface area contributed by atoms with Gasteiger partial charge in [0.1, 0.15) is 5.82 Å². The quantitative estimate of drug-likeness (QED) is 0.494. The van der Waals surface area contributed by atoms with Crippen molar-refractivity contribution in [2.45, 2.75) is 25.3 Å². The lowest BCUT2D eigenvalue weighted by molar-refractivity contribution is 0.190. The number of halogens is 2. The zero-order valence-corrected chi connectivity index (χ0v) is 16.3. The van der Waals surface area contributed by atoms with E-state index in [1.165, 1.54) is 32.9 Å². The van der Waals surface area contributed by atoms with Crippen LogP contribution in [0.25, 0.3) is 10.9 Å². The summed E-state index contributed by atoms with van der Waals surface area (Å²) in [7, 11) is 0.